The molecule has 4 bridgehead atoms. The summed E-state index contributed by atoms with van der Waals surface area (Å²) < 4.78 is 0. The molecule has 0 spiro atoms. The zero-order valence-corrected chi connectivity index (χ0v) is 12.9. The molecule has 0 radical (unpaired) electrons. The van der Waals surface area contributed by atoms with E-state index < -0.39 is 0 Å². The molecule has 4 saturated carbocycles. The number of nitrogens with two attached hydrogens (primary N) is 1. The summed E-state index contributed by atoms with van der Waals surface area (Å²) >= 11 is 0. The van der Waals surface area contributed by atoms with Gasteiger partial charge in [-0.15, -0.1) is 6.58 Å². The average molecular weight is 261 g/mol. The van der Waals surface area contributed by atoms with Gasteiger partial charge in [-0.3, -0.25) is 0 Å². The summed E-state index contributed by atoms with van der Waals surface area (Å²) in [5.74, 6) is 0.998. The normalized spacial score (nSPS) is 49.3. The lowest BCUT2D eigenvalue weighted by molar-refractivity contribution is -0.149. The number of allylic oxidation sites excluding steroid dienone is 1. The molecule has 0 aromatic carbocycles. The number of hydrogen-bond donors (Lipinski definition) is 1. The number of rotatable bonds is 5. The lowest BCUT2D eigenvalue weighted by Gasteiger charge is -2.66. The topological polar surface area (TPSA) is 26.0 Å². The average Bonchev–Trinajstić information content (AvgIpc) is 2.20. The van der Waals surface area contributed by atoms with Gasteiger partial charge in [-0.25, -0.2) is 0 Å². The first-order chi connectivity index (χ1) is 8.86. The lowest BCUT2D eigenvalue weighted by Crippen LogP contribution is -2.56. The van der Waals surface area contributed by atoms with Gasteiger partial charge >= 0.3 is 0 Å². The van der Waals surface area contributed by atoms with Gasteiger partial charge < -0.3 is 5.73 Å². The first kappa shape index (κ1) is 13.7. The smallest absolute Gasteiger partial charge is 0.00470 e. The van der Waals surface area contributed by atoms with Crippen LogP contribution in [0.4, 0.5) is 0 Å². The molecule has 4 aliphatic carbocycles. The molecule has 0 aromatic heterocycles. The third kappa shape index (κ3) is 2.51. The maximum Gasteiger partial charge on any atom is 0.00470 e. The largest absolute Gasteiger partial charge is 0.328 e. The Bertz CT molecular complexity index is 354. The van der Waals surface area contributed by atoms with Crippen molar-refractivity contribution in [2.75, 3.05) is 0 Å². The van der Waals surface area contributed by atoms with E-state index in [2.05, 4.69) is 20.4 Å². The molecule has 4 aliphatic rings. The Morgan fingerprint density at radius 2 is 1.79 bits per heavy atom. The van der Waals surface area contributed by atoms with Crippen LogP contribution in [0.2, 0.25) is 0 Å². The van der Waals surface area contributed by atoms with E-state index in [0.717, 1.165) is 18.8 Å². The fraction of sp³-hybridized carbons (Fsp3) is 0.889. The summed E-state index contributed by atoms with van der Waals surface area (Å²) in [4.78, 5) is 0. The van der Waals surface area contributed by atoms with Crippen LogP contribution in [0.15, 0.2) is 12.7 Å². The predicted octanol–water partition coefficient (Wildman–Crippen LogP) is 4.67. The maximum absolute atomic E-state index is 6.42. The highest BCUT2D eigenvalue weighted by atomic mass is 14.7. The second kappa shape index (κ2) is 4.35. The van der Waals surface area contributed by atoms with Crippen LogP contribution in [0.5, 0.6) is 0 Å². The SMILES string of the molecule is C=CCCC(N)CC12CC3CC(C)(CC(C)(C3)C1)C2. The van der Waals surface area contributed by atoms with E-state index in [4.69, 9.17) is 5.73 Å². The standard InChI is InChI=1S/C18H31N/c1-4-5-6-15(19)10-18-9-14-7-16(2,12-18)11-17(3,8-14)13-18/h4,14-15H,1,5-13,19H2,2-3H3. The monoisotopic (exact) mass is 261 g/mol. The molecule has 3 atom stereocenters. The molecule has 0 amide bonds. The quantitative estimate of drug-likeness (QED) is 0.715. The van der Waals surface area contributed by atoms with Gasteiger partial charge in [0.05, 0.1) is 0 Å². The highest BCUT2D eigenvalue weighted by molar-refractivity contribution is 5.10. The summed E-state index contributed by atoms with van der Waals surface area (Å²) in [5, 5.41) is 0. The van der Waals surface area contributed by atoms with Gasteiger partial charge in [-0.2, -0.15) is 0 Å². The molecular weight excluding hydrogens is 230 g/mol. The minimum atomic E-state index is 0.390. The van der Waals surface area contributed by atoms with Gasteiger partial charge in [0.2, 0.25) is 0 Å². The van der Waals surface area contributed by atoms with E-state index in [-0.39, 0.29) is 0 Å². The summed E-state index contributed by atoms with van der Waals surface area (Å²) in [6, 6.07) is 0.390. The molecule has 1 nitrogen and oxygen atoms in total. The van der Waals surface area contributed by atoms with Crippen molar-refractivity contribution in [2.45, 2.75) is 77.7 Å². The van der Waals surface area contributed by atoms with Crippen molar-refractivity contribution in [1.82, 2.24) is 0 Å². The molecule has 3 unspecified atom stereocenters. The molecule has 0 aromatic rings. The minimum absolute atomic E-state index is 0.390. The summed E-state index contributed by atoms with van der Waals surface area (Å²) in [6.07, 6.45) is 14.3. The molecule has 108 valence electrons. The summed E-state index contributed by atoms with van der Waals surface area (Å²) in [6.45, 7) is 8.94. The Morgan fingerprint density at radius 3 is 2.32 bits per heavy atom. The zero-order valence-electron chi connectivity index (χ0n) is 12.9. The van der Waals surface area contributed by atoms with E-state index >= 15 is 0 Å². The Kier molecular flexibility index (Phi) is 3.13. The van der Waals surface area contributed by atoms with E-state index in [1.165, 1.54) is 44.9 Å². The second-order valence-corrected chi connectivity index (χ2v) is 8.96. The van der Waals surface area contributed by atoms with Crippen molar-refractivity contribution >= 4 is 0 Å². The molecule has 1 heteroatoms. The Morgan fingerprint density at radius 1 is 1.16 bits per heavy atom. The first-order valence-corrected chi connectivity index (χ1v) is 8.23. The Labute approximate surface area is 119 Å². The van der Waals surface area contributed by atoms with Crippen LogP contribution in [0.3, 0.4) is 0 Å². The number of hydrogen-bond acceptors (Lipinski definition) is 1. The highest BCUT2D eigenvalue weighted by Gasteiger charge is 2.59. The van der Waals surface area contributed by atoms with E-state index in [9.17, 15) is 0 Å². The van der Waals surface area contributed by atoms with E-state index in [1.807, 2.05) is 6.08 Å². The van der Waals surface area contributed by atoms with Crippen LogP contribution >= 0.6 is 0 Å². The van der Waals surface area contributed by atoms with Crippen LogP contribution in [0, 0.1) is 22.2 Å². The van der Waals surface area contributed by atoms with Crippen molar-refractivity contribution in [1.29, 1.82) is 0 Å². The fourth-order valence-corrected chi connectivity index (χ4v) is 6.90. The highest BCUT2D eigenvalue weighted by Crippen LogP contribution is 2.70. The molecule has 19 heavy (non-hydrogen) atoms. The van der Waals surface area contributed by atoms with Crippen LogP contribution in [0.1, 0.15) is 71.6 Å². The predicted molar refractivity (Wildman–Crippen MR) is 81.9 cm³/mol. The van der Waals surface area contributed by atoms with Crippen molar-refractivity contribution in [3.05, 3.63) is 12.7 Å². The summed E-state index contributed by atoms with van der Waals surface area (Å²) in [5.41, 5.74) is 8.27. The zero-order chi connectivity index (χ0) is 13.7. The third-order valence-corrected chi connectivity index (χ3v) is 6.18. The van der Waals surface area contributed by atoms with Crippen LogP contribution in [-0.4, -0.2) is 6.04 Å². The van der Waals surface area contributed by atoms with Crippen molar-refractivity contribution < 1.29 is 0 Å². The Hall–Kier alpha value is -0.300. The first-order valence-electron chi connectivity index (χ1n) is 8.23. The van der Waals surface area contributed by atoms with Gasteiger partial charge in [0, 0.05) is 6.04 Å². The maximum atomic E-state index is 6.42. The Balaban J connectivity index is 1.75. The molecule has 2 N–H and O–H groups in total. The van der Waals surface area contributed by atoms with Gasteiger partial charge in [0.25, 0.3) is 0 Å². The van der Waals surface area contributed by atoms with E-state index in [1.54, 1.807) is 0 Å². The van der Waals surface area contributed by atoms with E-state index in [0.29, 0.717) is 22.3 Å². The van der Waals surface area contributed by atoms with Gasteiger partial charge in [-0.05, 0) is 80.0 Å². The van der Waals surface area contributed by atoms with Crippen LogP contribution in [0.25, 0.3) is 0 Å². The summed E-state index contributed by atoms with van der Waals surface area (Å²) in [7, 11) is 0. The molecule has 0 heterocycles. The van der Waals surface area contributed by atoms with Crippen molar-refractivity contribution in [2.24, 2.45) is 27.9 Å². The minimum Gasteiger partial charge on any atom is -0.328 e. The van der Waals surface area contributed by atoms with Crippen LogP contribution in [-0.2, 0) is 0 Å². The molecule has 0 saturated heterocycles. The van der Waals surface area contributed by atoms with Crippen molar-refractivity contribution in [3.8, 4) is 0 Å². The van der Waals surface area contributed by atoms with Crippen LogP contribution < -0.4 is 5.73 Å². The molecular formula is C18H31N. The molecule has 4 fully saturated rings. The second-order valence-electron chi connectivity index (χ2n) is 8.96. The van der Waals surface area contributed by atoms with Gasteiger partial charge in [0.15, 0.2) is 0 Å². The fourth-order valence-electron chi connectivity index (χ4n) is 6.90. The third-order valence-electron chi connectivity index (χ3n) is 6.18. The van der Waals surface area contributed by atoms with Crippen molar-refractivity contribution in [3.63, 3.8) is 0 Å². The molecule has 0 aliphatic heterocycles. The molecule has 4 rings (SSSR count). The van der Waals surface area contributed by atoms with Gasteiger partial charge in [-0.1, -0.05) is 19.9 Å². The lowest BCUT2D eigenvalue weighted by atomic mass is 9.39. The van der Waals surface area contributed by atoms with Gasteiger partial charge in [0.1, 0.15) is 0 Å².